The summed E-state index contributed by atoms with van der Waals surface area (Å²) in [5.74, 6) is 1.05. The summed E-state index contributed by atoms with van der Waals surface area (Å²) in [6, 6.07) is 17.4. The molecule has 0 saturated carbocycles. The highest BCUT2D eigenvalue weighted by molar-refractivity contribution is 5.83. The fraction of sp³-hybridized carbons (Fsp3) is 0.348. The zero-order valence-electron chi connectivity index (χ0n) is 16.5. The number of furan rings is 1. The van der Waals surface area contributed by atoms with Gasteiger partial charge in [0.25, 0.3) is 0 Å². The number of ether oxygens (including phenoxy) is 2. The van der Waals surface area contributed by atoms with E-state index in [9.17, 15) is 9.90 Å². The Balaban J connectivity index is 1.55. The van der Waals surface area contributed by atoms with E-state index >= 15 is 0 Å². The molecule has 1 unspecified atom stereocenters. The molecule has 1 aromatic heterocycles. The van der Waals surface area contributed by atoms with Crippen molar-refractivity contribution in [2.45, 2.75) is 33.3 Å². The van der Waals surface area contributed by atoms with Crippen LogP contribution in [0.25, 0.3) is 22.3 Å². The minimum atomic E-state index is -0.893. The minimum absolute atomic E-state index is 0.0283. The van der Waals surface area contributed by atoms with Crippen LogP contribution in [0.2, 0.25) is 0 Å². The zero-order chi connectivity index (χ0) is 20.1. The van der Waals surface area contributed by atoms with Crippen LogP contribution in [-0.4, -0.2) is 30.4 Å². The van der Waals surface area contributed by atoms with Gasteiger partial charge in [-0.2, -0.15) is 0 Å². The molecule has 0 radical (unpaired) electrons. The van der Waals surface area contributed by atoms with Gasteiger partial charge in [-0.15, -0.1) is 0 Å². The molecule has 3 rings (SSSR count). The summed E-state index contributed by atoms with van der Waals surface area (Å²) in [6.45, 7) is 5.82. The number of aliphatic hydroxyl groups excluding tert-OH is 1. The molecular weight excluding hydrogens is 356 g/mol. The molecule has 0 aliphatic carbocycles. The Morgan fingerprint density at radius 1 is 1.07 bits per heavy atom. The molecule has 1 N–H and O–H groups in total. The molecular formula is C23H26O5. The SMILES string of the molecule is CC(C)(C)CC(=O)OCC(O)COc1ccc2cc(-c3ccccc3)oc2c1. The van der Waals surface area contributed by atoms with Gasteiger partial charge >= 0.3 is 5.97 Å². The lowest BCUT2D eigenvalue weighted by Gasteiger charge is -2.18. The first-order valence-electron chi connectivity index (χ1n) is 9.36. The number of carbonyl (C=O) groups is 1. The summed E-state index contributed by atoms with van der Waals surface area (Å²) in [7, 11) is 0. The molecule has 28 heavy (non-hydrogen) atoms. The van der Waals surface area contributed by atoms with E-state index in [0.717, 1.165) is 16.7 Å². The van der Waals surface area contributed by atoms with E-state index in [4.69, 9.17) is 13.9 Å². The molecule has 2 aromatic carbocycles. The number of carbonyl (C=O) groups excluding carboxylic acids is 1. The highest BCUT2D eigenvalue weighted by atomic mass is 16.5. The van der Waals surface area contributed by atoms with E-state index in [-0.39, 0.29) is 24.6 Å². The van der Waals surface area contributed by atoms with E-state index < -0.39 is 6.10 Å². The first kappa shape index (κ1) is 20.0. The van der Waals surface area contributed by atoms with Crippen LogP contribution in [0.15, 0.2) is 59.0 Å². The maximum atomic E-state index is 11.7. The Morgan fingerprint density at radius 3 is 2.54 bits per heavy atom. The second kappa shape index (κ2) is 8.48. The fourth-order valence-corrected chi connectivity index (χ4v) is 2.76. The summed E-state index contributed by atoms with van der Waals surface area (Å²) in [4.78, 5) is 11.7. The van der Waals surface area contributed by atoms with Gasteiger partial charge in [0.15, 0.2) is 0 Å². The lowest BCUT2D eigenvalue weighted by Crippen LogP contribution is -2.26. The van der Waals surface area contributed by atoms with Crippen LogP contribution in [0.4, 0.5) is 0 Å². The van der Waals surface area contributed by atoms with Gasteiger partial charge in [-0.25, -0.2) is 0 Å². The number of hydrogen-bond donors (Lipinski definition) is 1. The number of fused-ring (bicyclic) bond motifs is 1. The van der Waals surface area contributed by atoms with Gasteiger partial charge in [-0.3, -0.25) is 4.79 Å². The third-order valence-corrected chi connectivity index (χ3v) is 4.10. The molecule has 0 amide bonds. The van der Waals surface area contributed by atoms with Gasteiger partial charge in [0, 0.05) is 17.0 Å². The predicted octanol–water partition coefficient (Wildman–Crippen LogP) is 4.82. The Kier molecular flexibility index (Phi) is 6.05. The van der Waals surface area contributed by atoms with Crippen LogP contribution in [0.1, 0.15) is 27.2 Å². The van der Waals surface area contributed by atoms with Gasteiger partial charge in [0.05, 0.1) is 6.42 Å². The van der Waals surface area contributed by atoms with Crippen molar-refractivity contribution in [3.63, 3.8) is 0 Å². The van der Waals surface area contributed by atoms with Gasteiger partial charge in [0.1, 0.15) is 36.4 Å². The first-order chi connectivity index (χ1) is 13.3. The largest absolute Gasteiger partial charge is 0.491 e. The predicted molar refractivity (Wildman–Crippen MR) is 108 cm³/mol. The van der Waals surface area contributed by atoms with Crippen LogP contribution in [-0.2, 0) is 9.53 Å². The van der Waals surface area contributed by atoms with Crippen LogP contribution in [0, 0.1) is 5.41 Å². The summed E-state index contributed by atoms with van der Waals surface area (Å²) < 4.78 is 16.6. The normalized spacial score (nSPS) is 12.7. The van der Waals surface area contributed by atoms with Crippen molar-refractivity contribution in [2.24, 2.45) is 5.41 Å². The van der Waals surface area contributed by atoms with E-state index in [1.807, 2.05) is 69.3 Å². The molecule has 1 heterocycles. The maximum absolute atomic E-state index is 11.7. The Hall–Kier alpha value is -2.79. The van der Waals surface area contributed by atoms with Gasteiger partial charge in [-0.05, 0) is 23.6 Å². The smallest absolute Gasteiger partial charge is 0.306 e. The van der Waals surface area contributed by atoms with E-state index in [2.05, 4.69) is 0 Å². The molecule has 0 aliphatic heterocycles. The Bertz CT molecular complexity index is 921. The monoisotopic (exact) mass is 382 g/mol. The number of rotatable bonds is 7. The number of aliphatic hydroxyl groups is 1. The molecule has 0 fully saturated rings. The van der Waals surface area contributed by atoms with Crippen molar-refractivity contribution in [1.82, 2.24) is 0 Å². The standard InChI is InChI=1S/C23H26O5/c1-23(2,3)13-22(25)27-15-18(24)14-26-19-10-9-17-11-20(28-21(17)12-19)16-7-5-4-6-8-16/h4-12,18,24H,13-15H2,1-3H3. The van der Waals surface area contributed by atoms with Crippen molar-refractivity contribution >= 4 is 16.9 Å². The maximum Gasteiger partial charge on any atom is 0.306 e. The first-order valence-corrected chi connectivity index (χ1v) is 9.36. The summed E-state index contributed by atoms with van der Waals surface area (Å²) in [6.07, 6.45) is -0.587. The quantitative estimate of drug-likeness (QED) is 0.594. The highest BCUT2D eigenvalue weighted by Crippen LogP contribution is 2.30. The van der Waals surface area contributed by atoms with Gasteiger partial charge in [-0.1, -0.05) is 51.1 Å². The Morgan fingerprint density at radius 2 is 1.82 bits per heavy atom. The molecule has 148 valence electrons. The Labute approximate surface area is 164 Å². The van der Waals surface area contributed by atoms with E-state index in [1.165, 1.54) is 0 Å². The average molecular weight is 382 g/mol. The van der Waals surface area contributed by atoms with Crippen LogP contribution in [0.5, 0.6) is 5.75 Å². The number of benzene rings is 2. The molecule has 0 aliphatic rings. The summed E-state index contributed by atoms with van der Waals surface area (Å²) in [5, 5.41) is 11.0. The zero-order valence-corrected chi connectivity index (χ0v) is 16.5. The number of hydrogen-bond acceptors (Lipinski definition) is 5. The summed E-state index contributed by atoms with van der Waals surface area (Å²) >= 11 is 0. The lowest BCUT2D eigenvalue weighted by molar-refractivity contribution is -0.149. The average Bonchev–Trinajstić information content (AvgIpc) is 3.07. The van der Waals surface area contributed by atoms with Crippen LogP contribution >= 0.6 is 0 Å². The minimum Gasteiger partial charge on any atom is -0.491 e. The fourth-order valence-electron chi connectivity index (χ4n) is 2.76. The third-order valence-electron chi connectivity index (χ3n) is 4.10. The topological polar surface area (TPSA) is 68.9 Å². The molecule has 0 spiro atoms. The van der Waals surface area contributed by atoms with Crippen LogP contribution in [0.3, 0.4) is 0 Å². The van der Waals surface area contributed by atoms with Crippen molar-refractivity contribution < 1.29 is 23.8 Å². The molecule has 3 aromatic rings. The third kappa shape index (κ3) is 5.60. The molecule has 5 heteroatoms. The van der Waals surface area contributed by atoms with E-state index in [1.54, 1.807) is 6.07 Å². The van der Waals surface area contributed by atoms with Crippen molar-refractivity contribution in [3.8, 4) is 17.1 Å². The van der Waals surface area contributed by atoms with E-state index in [0.29, 0.717) is 17.8 Å². The molecule has 0 saturated heterocycles. The number of esters is 1. The second-order valence-corrected chi connectivity index (χ2v) is 8.06. The van der Waals surface area contributed by atoms with Crippen molar-refractivity contribution in [3.05, 3.63) is 54.6 Å². The van der Waals surface area contributed by atoms with Gasteiger partial charge in [0.2, 0.25) is 0 Å². The van der Waals surface area contributed by atoms with Crippen molar-refractivity contribution in [1.29, 1.82) is 0 Å². The second-order valence-electron chi connectivity index (χ2n) is 8.06. The highest BCUT2D eigenvalue weighted by Gasteiger charge is 2.18. The molecule has 5 nitrogen and oxygen atoms in total. The van der Waals surface area contributed by atoms with Crippen molar-refractivity contribution in [2.75, 3.05) is 13.2 Å². The summed E-state index contributed by atoms with van der Waals surface area (Å²) in [5.41, 5.74) is 1.58. The lowest BCUT2D eigenvalue weighted by atomic mass is 9.92. The van der Waals surface area contributed by atoms with Gasteiger partial charge < -0.3 is 19.0 Å². The molecule has 1 atom stereocenters. The van der Waals surface area contributed by atoms with Crippen LogP contribution < -0.4 is 4.74 Å². The molecule has 0 bridgehead atoms.